The zero-order chi connectivity index (χ0) is 19.2. The molecule has 1 atom stereocenters. The molecule has 1 saturated heterocycles. The maximum atomic E-state index is 8.36. The van der Waals surface area contributed by atoms with Crippen LogP contribution >= 0.6 is 11.3 Å². The molecular formula is C19H30N2O4S. The van der Waals surface area contributed by atoms with E-state index in [4.69, 9.17) is 19.8 Å². The molecule has 26 heavy (non-hydrogen) atoms. The first-order valence-electron chi connectivity index (χ1n) is 9.03. The number of rotatable bonds is 6. The van der Waals surface area contributed by atoms with E-state index in [1.807, 2.05) is 11.3 Å². The Labute approximate surface area is 159 Å². The van der Waals surface area contributed by atoms with Gasteiger partial charge in [0.05, 0.1) is 0 Å². The van der Waals surface area contributed by atoms with Gasteiger partial charge in [-0.1, -0.05) is 25.5 Å². The third-order valence-electron chi connectivity index (χ3n) is 4.42. The largest absolute Gasteiger partial charge is 0.483 e. The van der Waals surface area contributed by atoms with Gasteiger partial charge in [0.1, 0.15) is 0 Å². The summed E-state index contributed by atoms with van der Waals surface area (Å²) in [7, 11) is 0. The smallest absolute Gasteiger partial charge is 0.290 e. The van der Waals surface area contributed by atoms with Gasteiger partial charge in [0.25, 0.3) is 12.9 Å². The summed E-state index contributed by atoms with van der Waals surface area (Å²) in [6.45, 7) is 7.78. The van der Waals surface area contributed by atoms with Crippen molar-refractivity contribution in [3.05, 3.63) is 34.0 Å². The summed E-state index contributed by atoms with van der Waals surface area (Å²) in [5.41, 5.74) is 1.52. The Morgan fingerprint density at radius 3 is 2.46 bits per heavy atom. The van der Waals surface area contributed by atoms with Crippen LogP contribution in [0.4, 0.5) is 0 Å². The minimum Gasteiger partial charge on any atom is -0.483 e. The fraction of sp³-hybridized carbons (Fsp3) is 0.579. The predicted molar refractivity (Wildman–Crippen MR) is 104 cm³/mol. The second-order valence-corrected chi connectivity index (χ2v) is 7.32. The van der Waals surface area contributed by atoms with E-state index in [1.165, 1.54) is 49.2 Å². The van der Waals surface area contributed by atoms with Gasteiger partial charge in [0.15, 0.2) is 0 Å². The lowest BCUT2D eigenvalue weighted by atomic mass is 10.1. The van der Waals surface area contributed by atoms with Gasteiger partial charge in [-0.2, -0.15) is 0 Å². The predicted octanol–water partition coefficient (Wildman–Crippen LogP) is 3.29. The molecule has 0 amide bonds. The molecule has 3 rings (SSSR count). The molecule has 0 saturated carbocycles. The van der Waals surface area contributed by atoms with Crippen LogP contribution in [0.1, 0.15) is 43.0 Å². The van der Waals surface area contributed by atoms with Gasteiger partial charge >= 0.3 is 0 Å². The van der Waals surface area contributed by atoms with Crippen molar-refractivity contribution in [3.63, 3.8) is 0 Å². The highest BCUT2D eigenvalue weighted by molar-refractivity contribution is 7.10. The Bertz CT molecular complexity index is 535. The van der Waals surface area contributed by atoms with Crippen LogP contribution in [-0.2, 0) is 22.7 Å². The number of hydrogen-bond donors (Lipinski definition) is 2. The molecule has 3 heterocycles. The Morgan fingerprint density at radius 1 is 1.19 bits per heavy atom. The molecule has 1 fully saturated rings. The highest BCUT2D eigenvalue weighted by atomic mass is 32.1. The summed E-state index contributed by atoms with van der Waals surface area (Å²) in [4.78, 5) is 23.4. The van der Waals surface area contributed by atoms with E-state index in [-0.39, 0.29) is 12.9 Å². The highest BCUT2D eigenvalue weighted by Gasteiger charge is 2.19. The molecule has 2 N–H and O–H groups in total. The average Bonchev–Trinajstić information content (AvgIpc) is 3.35. The second kappa shape index (κ2) is 13.5. The molecule has 1 unspecified atom stereocenters. The molecule has 0 spiro atoms. The molecule has 0 radical (unpaired) electrons. The molecule has 2 aliphatic rings. The Kier molecular flexibility index (Phi) is 11.6. The van der Waals surface area contributed by atoms with Gasteiger partial charge < -0.3 is 10.2 Å². The first-order chi connectivity index (χ1) is 12.7. The van der Waals surface area contributed by atoms with Crippen LogP contribution < -0.4 is 0 Å². The molecule has 0 aliphatic carbocycles. The molecule has 146 valence electrons. The molecule has 2 aliphatic heterocycles. The van der Waals surface area contributed by atoms with Crippen molar-refractivity contribution in [2.24, 2.45) is 0 Å². The number of hydrogen-bond acceptors (Lipinski definition) is 5. The first-order valence-corrected chi connectivity index (χ1v) is 9.91. The molecule has 1 aromatic heterocycles. The van der Waals surface area contributed by atoms with E-state index in [9.17, 15) is 0 Å². The number of likely N-dealkylation sites (tertiary alicyclic amines) is 1. The van der Waals surface area contributed by atoms with Gasteiger partial charge in [-0.25, -0.2) is 0 Å². The lowest BCUT2D eigenvalue weighted by Gasteiger charge is -2.23. The standard InChI is InChI=1S/C17H26N2S.2CH2O2/c1-2-6-16-7-5-10-19(16)13-17-11-15(14-20-17)12-18-8-3-4-9-18;2*2-1-3/h5,7,11,14,16H,2-4,6,8-10,12-13H2,1H3;2*1H,(H,2,3). The van der Waals surface area contributed by atoms with Gasteiger partial charge in [-0.3, -0.25) is 19.4 Å². The maximum absolute atomic E-state index is 8.36. The minimum atomic E-state index is -0.250. The van der Waals surface area contributed by atoms with Crippen LogP contribution in [0, 0.1) is 0 Å². The second-order valence-electron chi connectivity index (χ2n) is 6.33. The summed E-state index contributed by atoms with van der Waals surface area (Å²) in [5.74, 6) is 0. The summed E-state index contributed by atoms with van der Waals surface area (Å²) >= 11 is 1.94. The van der Waals surface area contributed by atoms with Crippen LogP contribution in [0.15, 0.2) is 23.6 Å². The third-order valence-corrected chi connectivity index (χ3v) is 5.39. The Balaban J connectivity index is 0.000000499. The van der Waals surface area contributed by atoms with E-state index in [0.29, 0.717) is 6.04 Å². The van der Waals surface area contributed by atoms with Crippen LogP contribution in [0.5, 0.6) is 0 Å². The van der Waals surface area contributed by atoms with Crippen molar-refractivity contribution in [2.75, 3.05) is 19.6 Å². The topological polar surface area (TPSA) is 81.1 Å². The number of nitrogens with zero attached hydrogens (tertiary/aromatic N) is 2. The monoisotopic (exact) mass is 382 g/mol. The normalized spacial score (nSPS) is 19.3. The van der Waals surface area contributed by atoms with Gasteiger partial charge in [-0.15, -0.1) is 11.3 Å². The third kappa shape index (κ3) is 8.12. The van der Waals surface area contributed by atoms with Crippen molar-refractivity contribution in [1.82, 2.24) is 9.80 Å². The fourth-order valence-corrected chi connectivity index (χ4v) is 4.26. The lowest BCUT2D eigenvalue weighted by Crippen LogP contribution is -2.28. The Hall–Kier alpha value is -1.70. The van der Waals surface area contributed by atoms with Crippen LogP contribution in [0.25, 0.3) is 0 Å². The number of carbonyl (C=O) groups is 2. The SMILES string of the molecule is CCCC1C=CCN1Cc1cc(CN2CCCC2)cs1.O=CO.O=CO. The van der Waals surface area contributed by atoms with Crippen molar-refractivity contribution in [3.8, 4) is 0 Å². The number of thiophene rings is 1. The zero-order valence-corrected chi connectivity index (χ0v) is 16.2. The minimum absolute atomic E-state index is 0.250. The number of carboxylic acid groups (broad SMARTS) is 2. The summed E-state index contributed by atoms with van der Waals surface area (Å²) in [5, 5.41) is 16.1. The van der Waals surface area contributed by atoms with E-state index in [2.05, 4.69) is 40.3 Å². The molecule has 0 bridgehead atoms. The maximum Gasteiger partial charge on any atom is 0.290 e. The van der Waals surface area contributed by atoms with Crippen molar-refractivity contribution >= 4 is 24.3 Å². The van der Waals surface area contributed by atoms with E-state index >= 15 is 0 Å². The average molecular weight is 383 g/mol. The fourth-order valence-electron chi connectivity index (χ4n) is 3.36. The van der Waals surface area contributed by atoms with Gasteiger partial charge in [-0.05, 0) is 49.4 Å². The van der Waals surface area contributed by atoms with E-state index in [1.54, 1.807) is 0 Å². The van der Waals surface area contributed by atoms with Crippen molar-refractivity contribution < 1.29 is 19.8 Å². The van der Waals surface area contributed by atoms with Gasteiger partial charge in [0.2, 0.25) is 0 Å². The molecule has 6 nitrogen and oxygen atoms in total. The lowest BCUT2D eigenvalue weighted by molar-refractivity contribution is -0.123. The van der Waals surface area contributed by atoms with Crippen LogP contribution in [0.3, 0.4) is 0 Å². The first kappa shape index (κ1) is 22.3. The molecule has 7 heteroatoms. The summed E-state index contributed by atoms with van der Waals surface area (Å²) in [6, 6.07) is 3.11. The molecule has 0 aromatic carbocycles. The van der Waals surface area contributed by atoms with Crippen LogP contribution in [-0.4, -0.2) is 58.6 Å². The summed E-state index contributed by atoms with van der Waals surface area (Å²) in [6.07, 6.45) is 10.1. The zero-order valence-electron chi connectivity index (χ0n) is 15.4. The van der Waals surface area contributed by atoms with E-state index < -0.39 is 0 Å². The van der Waals surface area contributed by atoms with Gasteiger partial charge in [0, 0.05) is 30.6 Å². The molecule has 1 aromatic rings. The van der Waals surface area contributed by atoms with Crippen LogP contribution in [0.2, 0.25) is 0 Å². The van der Waals surface area contributed by atoms with Crippen molar-refractivity contribution in [1.29, 1.82) is 0 Å². The summed E-state index contributed by atoms with van der Waals surface area (Å²) < 4.78 is 0. The quantitative estimate of drug-likeness (QED) is 0.580. The highest BCUT2D eigenvalue weighted by Crippen LogP contribution is 2.23. The van der Waals surface area contributed by atoms with E-state index in [0.717, 1.165) is 19.6 Å². The molecular weight excluding hydrogens is 352 g/mol. The Morgan fingerprint density at radius 2 is 1.85 bits per heavy atom. The van der Waals surface area contributed by atoms with Crippen molar-refractivity contribution in [2.45, 2.75) is 51.7 Å².